The lowest BCUT2D eigenvalue weighted by atomic mass is 10.2. The topological polar surface area (TPSA) is 13.1 Å². The van der Waals surface area contributed by atoms with E-state index in [-0.39, 0.29) is 5.82 Å². The summed E-state index contributed by atoms with van der Waals surface area (Å²) in [4.78, 5) is 0. The molecule has 0 spiro atoms. The molecule has 0 saturated carbocycles. The minimum absolute atomic E-state index is 0.262. The van der Waals surface area contributed by atoms with Gasteiger partial charge in [0.05, 0.1) is 6.26 Å². The van der Waals surface area contributed by atoms with Crippen LogP contribution in [0.25, 0.3) is 11.0 Å². The fourth-order valence-electron chi connectivity index (χ4n) is 0.929. The number of halogens is 1. The van der Waals surface area contributed by atoms with Crippen molar-refractivity contribution < 1.29 is 8.81 Å². The number of rotatable bonds is 0. The second kappa shape index (κ2) is 1.84. The largest absolute Gasteiger partial charge is 0.464 e. The summed E-state index contributed by atoms with van der Waals surface area (Å²) in [5.74, 6) is -0.262. The zero-order chi connectivity index (χ0) is 6.97. The Morgan fingerprint density at radius 2 is 2.10 bits per heavy atom. The molecule has 50 valence electrons. The molecule has 0 aliphatic carbocycles. The Balaban J connectivity index is 2.86. The number of hydrogen-bond donors (Lipinski definition) is 0. The zero-order valence-electron chi connectivity index (χ0n) is 5.17. The van der Waals surface area contributed by atoms with E-state index < -0.39 is 0 Å². The Bertz CT molecular complexity index is 351. The summed E-state index contributed by atoms with van der Waals surface area (Å²) in [7, 11) is 0. The maximum absolute atomic E-state index is 12.5. The van der Waals surface area contributed by atoms with E-state index in [2.05, 4.69) is 0 Å². The summed E-state index contributed by atoms with van der Waals surface area (Å²) >= 11 is 0. The molecule has 2 rings (SSSR count). The van der Waals surface area contributed by atoms with Crippen LogP contribution in [0.15, 0.2) is 34.9 Å². The minimum atomic E-state index is -0.262. The molecule has 0 saturated heterocycles. The van der Waals surface area contributed by atoms with Crippen molar-refractivity contribution in [2.24, 2.45) is 0 Å². The van der Waals surface area contributed by atoms with E-state index in [1.165, 1.54) is 12.1 Å². The highest BCUT2D eigenvalue weighted by atomic mass is 19.1. The van der Waals surface area contributed by atoms with Crippen LogP contribution < -0.4 is 0 Å². The van der Waals surface area contributed by atoms with E-state index in [0.717, 1.165) is 5.39 Å². The van der Waals surface area contributed by atoms with E-state index in [1.54, 1.807) is 18.4 Å². The predicted molar refractivity (Wildman–Crippen MR) is 36.2 cm³/mol. The molecule has 0 N–H and O–H groups in total. The zero-order valence-corrected chi connectivity index (χ0v) is 5.17. The molecule has 0 aliphatic heterocycles. The number of benzene rings is 1. The third-order valence-electron chi connectivity index (χ3n) is 1.42. The Morgan fingerprint density at radius 1 is 1.20 bits per heavy atom. The van der Waals surface area contributed by atoms with Gasteiger partial charge in [0.1, 0.15) is 11.4 Å². The Hall–Kier alpha value is -1.31. The quantitative estimate of drug-likeness (QED) is 0.542. The van der Waals surface area contributed by atoms with Crippen LogP contribution in [0.3, 0.4) is 0 Å². The molecule has 1 aromatic heterocycles. The minimum Gasteiger partial charge on any atom is -0.464 e. The molecule has 0 bridgehead atoms. The van der Waals surface area contributed by atoms with Crippen molar-refractivity contribution in [2.75, 3.05) is 0 Å². The third-order valence-corrected chi connectivity index (χ3v) is 1.42. The second-order valence-electron chi connectivity index (χ2n) is 2.10. The van der Waals surface area contributed by atoms with Crippen molar-refractivity contribution in [3.63, 3.8) is 0 Å². The first-order chi connectivity index (χ1) is 4.86. The van der Waals surface area contributed by atoms with Crippen LogP contribution in [0.2, 0.25) is 0 Å². The van der Waals surface area contributed by atoms with Crippen LogP contribution in [0.1, 0.15) is 0 Å². The first-order valence-corrected chi connectivity index (χ1v) is 2.99. The van der Waals surface area contributed by atoms with Crippen molar-refractivity contribution >= 4 is 11.0 Å². The molecule has 0 unspecified atom stereocenters. The van der Waals surface area contributed by atoms with Gasteiger partial charge in [-0.2, -0.15) is 0 Å². The van der Waals surface area contributed by atoms with E-state index in [1.807, 2.05) is 0 Å². The normalized spacial score (nSPS) is 10.5. The van der Waals surface area contributed by atoms with Crippen LogP contribution in [0, 0.1) is 5.82 Å². The molecule has 1 aromatic carbocycles. The summed E-state index contributed by atoms with van der Waals surface area (Å²) in [5, 5.41) is 0.932. The number of hydrogen-bond acceptors (Lipinski definition) is 1. The lowest BCUT2D eigenvalue weighted by molar-refractivity contribution is 0.599. The Kier molecular flexibility index (Phi) is 1.01. The van der Waals surface area contributed by atoms with Gasteiger partial charge in [0.25, 0.3) is 0 Å². The SMILES string of the molecule is Fc1ccc2ccoc2c1. The average molecular weight is 136 g/mol. The summed E-state index contributed by atoms with van der Waals surface area (Å²) in [6.45, 7) is 0. The van der Waals surface area contributed by atoms with Crippen LogP contribution in [-0.2, 0) is 0 Å². The van der Waals surface area contributed by atoms with Crippen molar-refractivity contribution in [3.05, 3.63) is 36.3 Å². The Labute approximate surface area is 57.1 Å². The van der Waals surface area contributed by atoms with Crippen molar-refractivity contribution in [1.29, 1.82) is 0 Å². The van der Waals surface area contributed by atoms with Crippen molar-refractivity contribution in [2.45, 2.75) is 0 Å². The van der Waals surface area contributed by atoms with Gasteiger partial charge in [-0.15, -0.1) is 0 Å². The fourth-order valence-corrected chi connectivity index (χ4v) is 0.929. The molecule has 2 aromatic rings. The van der Waals surface area contributed by atoms with E-state index in [9.17, 15) is 4.39 Å². The number of fused-ring (bicyclic) bond motifs is 1. The monoisotopic (exact) mass is 136 g/mol. The van der Waals surface area contributed by atoms with E-state index in [0.29, 0.717) is 5.58 Å². The summed E-state index contributed by atoms with van der Waals surface area (Å²) < 4.78 is 17.4. The van der Waals surface area contributed by atoms with Gasteiger partial charge >= 0.3 is 0 Å². The average Bonchev–Trinajstić information content (AvgIpc) is 2.33. The number of furan rings is 1. The van der Waals surface area contributed by atoms with Gasteiger partial charge in [-0.3, -0.25) is 0 Å². The molecule has 0 amide bonds. The van der Waals surface area contributed by atoms with Crippen LogP contribution in [0.4, 0.5) is 4.39 Å². The summed E-state index contributed by atoms with van der Waals surface area (Å²) in [5.41, 5.74) is 0.597. The molecule has 0 fully saturated rings. The fraction of sp³-hybridized carbons (Fsp3) is 0. The highest BCUT2D eigenvalue weighted by molar-refractivity contribution is 5.76. The highest BCUT2D eigenvalue weighted by Gasteiger charge is 1.95. The third kappa shape index (κ3) is 0.692. The highest BCUT2D eigenvalue weighted by Crippen LogP contribution is 2.15. The molecule has 1 nitrogen and oxygen atoms in total. The van der Waals surface area contributed by atoms with Crippen LogP contribution in [0.5, 0.6) is 0 Å². The van der Waals surface area contributed by atoms with Crippen molar-refractivity contribution in [3.8, 4) is 0 Å². The maximum Gasteiger partial charge on any atom is 0.136 e. The van der Waals surface area contributed by atoms with Gasteiger partial charge < -0.3 is 4.42 Å². The standard InChI is InChI=1S/C8H5FO/c9-7-2-1-6-3-4-10-8(6)5-7/h1-5H. The Morgan fingerprint density at radius 3 is 3.00 bits per heavy atom. The lowest BCUT2D eigenvalue weighted by Gasteiger charge is -1.85. The molecular weight excluding hydrogens is 131 g/mol. The maximum atomic E-state index is 12.5. The molecular formula is C8H5FO. The molecule has 2 heteroatoms. The van der Waals surface area contributed by atoms with Gasteiger partial charge in [-0.25, -0.2) is 4.39 Å². The van der Waals surface area contributed by atoms with Gasteiger partial charge in [0.2, 0.25) is 0 Å². The second-order valence-corrected chi connectivity index (χ2v) is 2.10. The molecule has 10 heavy (non-hydrogen) atoms. The molecule has 0 aliphatic rings. The molecule has 0 radical (unpaired) electrons. The predicted octanol–water partition coefficient (Wildman–Crippen LogP) is 2.57. The first-order valence-electron chi connectivity index (χ1n) is 2.99. The first kappa shape index (κ1) is 5.47. The van der Waals surface area contributed by atoms with Gasteiger partial charge in [-0.05, 0) is 18.2 Å². The van der Waals surface area contributed by atoms with E-state index in [4.69, 9.17) is 4.42 Å². The van der Waals surface area contributed by atoms with Crippen LogP contribution in [-0.4, -0.2) is 0 Å². The van der Waals surface area contributed by atoms with Gasteiger partial charge in [0.15, 0.2) is 0 Å². The smallest absolute Gasteiger partial charge is 0.136 e. The van der Waals surface area contributed by atoms with Gasteiger partial charge in [0, 0.05) is 11.5 Å². The van der Waals surface area contributed by atoms with Crippen molar-refractivity contribution in [1.82, 2.24) is 0 Å². The van der Waals surface area contributed by atoms with Gasteiger partial charge in [-0.1, -0.05) is 0 Å². The molecule has 1 heterocycles. The summed E-state index contributed by atoms with van der Waals surface area (Å²) in [6, 6.07) is 6.27. The summed E-state index contributed by atoms with van der Waals surface area (Å²) in [6.07, 6.45) is 1.55. The van der Waals surface area contributed by atoms with E-state index >= 15 is 0 Å². The lowest BCUT2D eigenvalue weighted by Crippen LogP contribution is -1.68. The van der Waals surface area contributed by atoms with Crippen LogP contribution >= 0.6 is 0 Å². The molecule has 0 atom stereocenters.